The summed E-state index contributed by atoms with van der Waals surface area (Å²) in [5.41, 5.74) is 0.523. The Morgan fingerprint density at radius 1 is 0.781 bits per heavy atom. The van der Waals surface area contributed by atoms with E-state index >= 15 is 0 Å². The number of carbonyl (C=O) groups is 1. The number of alkyl halides is 2. The number of unbranched alkanes of at least 4 members (excludes halogenated alkanes) is 9. The van der Waals surface area contributed by atoms with Crippen molar-refractivity contribution in [1.29, 1.82) is 0 Å². The fourth-order valence-electron chi connectivity index (χ4n) is 3.93. The Labute approximate surface area is 204 Å². The maximum atomic E-state index is 12.9. The van der Waals surface area contributed by atoms with Gasteiger partial charge in [0, 0.05) is 12.0 Å². The van der Waals surface area contributed by atoms with Crippen LogP contribution in [0, 0.1) is 0 Å². The van der Waals surface area contributed by atoms with E-state index in [-0.39, 0.29) is 18.3 Å². The number of hydrogen-bond donors (Lipinski definition) is 0. The van der Waals surface area contributed by atoms with Crippen LogP contribution < -0.4 is 4.74 Å². The van der Waals surface area contributed by atoms with E-state index in [1.54, 1.807) is 12.1 Å². The summed E-state index contributed by atoms with van der Waals surface area (Å²) in [5.74, 6) is 0.507. The van der Waals surface area contributed by atoms with Crippen LogP contribution in [0.2, 0.25) is 0 Å². The van der Waals surface area contributed by atoms with Gasteiger partial charge >= 0.3 is 0 Å². The zero-order chi connectivity index (χ0) is 23.1. The fourth-order valence-corrected chi connectivity index (χ4v) is 4.50. The highest BCUT2D eigenvalue weighted by atomic mass is 35.5. The molecule has 32 heavy (non-hydrogen) atoms. The first-order valence-corrected chi connectivity index (χ1v) is 13.0. The molecule has 2 aromatic rings. The molecule has 0 saturated heterocycles. The predicted molar refractivity (Wildman–Crippen MR) is 137 cm³/mol. The Morgan fingerprint density at radius 3 is 1.84 bits per heavy atom. The van der Waals surface area contributed by atoms with Crippen LogP contribution in [0.3, 0.4) is 0 Å². The van der Waals surface area contributed by atoms with Gasteiger partial charge in [0.25, 0.3) is 0 Å². The minimum Gasteiger partial charge on any atom is -0.490 e. The van der Waals surface area contributed by atoms with E-state index in [9.17, 15) is 4.79 Å². The quantitative estimate of drug-likeness (QED) is 0.129. The van der Waals surface area contributed by atoms with Crippen LogP contribution in [-0.4, -0.2) is 16.2 Å². The molecule has 2 aromatic carbocycles. The summed E-state index contributed by atoms with van der Waals surface area (Å²) in [6.07, 6.45) is 13.7. The third-order valence-electron chi connectivity index (χ3n) is 5.78. The van der Waals surface area contributed by atoms with E-state index in [1.165, 1.54) is 51.4 Å². The molecule has 2 rings (SSSR count). The lowest BCUT2D eigenvalue weighted by atomic mass is 9.99. The molecule has 0 heterocycles. The number of rotatable bonds is 17. The van der Waals surface area contributed by atoms with E-state index in [1.807, 2.05) is 48.5 Å². The SMILES string of the molecule is CCCCCCCCCCCC[C@@H](CC(Cl)(Cl)C(=O)c1ccccc1)Oc1ccccc1. The second-order valence-electron chi connectivity index (χ2n) is 8.63. The smallest absolute Gasteiger partial charge is 0.198 e. The molecule has 1 atom stereocenters. The van der Waals surface area contributed by atoms with Gasteiger partial charge in [-0.25, -0.2) is 0 Å². The minimum absolute atomic E-state index is 0.214. The molecule has 0 N–H and O–H groups in total. The second-order valence-corrected chi connectivity index (χ2v) is 10.1. The van der Waals surface area contributed by atoms with Crippen LogP contribution in [0.4, 0.5) is 0 Å². The summed E-state index contributed by atoms with van der Waals surface area (Å²) in [6.45, 7) is 2.25. The number of halogens is 2. The topological polar surface area (TPSA) is 26.3 Å². The number of ether oxygens (including phenoxy) is 1. The Hall–Kier alpha value is -1.51. The van der Waals surface area contributed by atoms with Gasteiger partial charge < -0.3 is 4.74 Å². The first-order valence-electron chi connectivity index (χ1n) is 12.2. The van der Waals surface area contributed by atoms with Gasteiger partial charge in [0.15, 0.2) is 10.1 Å². The highest BCUT2D eigenvalue weighted by Gasteiger charge is 2.37. The number of hydrogen-bond acceptors (Lipinski definition) is 2. The van der Waals surface area contributed by atoms with E-state index in [0.717, 1.165) is 25.0 Å². The van der Waals surface area contributed by atoms with Gasteiger partial charge in [-0.1, -0.05) is 136 Å². The number of para-hydroxylation sites is 1. The Kier molecular flexibility index (Phi) is 12.8. The highest BCUT2D eigenvalue weighted by Crippen LogP contribution is 2.34. The van der Waals surface area contributed by atoms with Gasteiger partial charge in [-0.2, -0.15) is 0 Å². The minimum atomic E-state index is -1.51. The fraction of sp³-hybridized carbons (Fsp3) is 0.536. The van der Waals surface area contributed by atoms with Crippen molar-refractivity contribution in [3.05, 3.63) is 66.2 Å². The van der Waals surface area contributed by atoms with E-state index < -0.39 is 4.33 Å². The van der Waals surface area contributed by atoms with Crippen LogP contribution in [0.15, 0.2) is 60.7 Å². The average Bonchev–Trinajstić information content (AvgIpc) is 2.80. The molecule has 0 bridgehead atoms. The second kappa shape index (κ2) is 15.3. The van der Waals surface area contributed by atoms with Gasteiger partial charge in [0.05, 0.1) is 0 Å². The predicted octanol–water partition coefficient (Wildman–Crippen LogP) is 9.19. The molecule has 0 fully saturated rings. The summed E-state index contributed by atoms with van der Waals surface area (Å²) in [5, 5.41) is 0. The molecule has 176 valence electrons. The normalized spacial score (nSPS) is 12.5. The van der Waals surface area contributed by atoms with Gasteiger partial charge in [-0.3, -0.25) is 4.79 Å². The lowest BCUT2D eigenvalue weighted by Gasteiger charge is -2.26. The van der Waals surface area contributed by atoms with Crippen molar-refractivity contribution in [2.75, 3.05) is 0 Å². The summed E-state index contributed by atoms with van der Waals surface area (Å²) in [4.78, 5) is 12.9. The molecular weight excluding hydrogens is 439 g/mol. The maximum absolute atomic E-state index is 12.9. The van der Waals surface area contributed by atoms with Crippen LogP contribution in [-0.2, 0) is 0 Å². The molecule has 4 heteroatoms. The molecule has 0 unspecified atom stereocenters. The lowest BCUT2D eigenvalue weighted by molar-refractivity contribution is 0.0932. The zero-order valence-electron chi connectivity index (χ0n) is 19.4. The third-order valence-corrected chi connectivity index (χ3v) is 6.43. The monoisotopic (exact) mass is 476 g/mol. The van der Waals surface area contributed by atoms with Crippen molar-refractivity contribution >= 4 is 29.0 Å². The number of ketones is 1. The first-order chi connectivity index (χ1) is 15.5. The molecule has 0 aliphatic heterocycles. The third kappa shape index (κ3) is 10.4. The van der Waals surface area contributed by atoms with Crippen molar-refractivity contribution in [3.63, 3.8) is 0 Å². The Balaban J connectivity index is 1.83. The standard InChI is InChI=1S/C28H38Cl2O2/c1-2-3-4-5-6-7-8-9-10-15-22-26(32-25-20-16-12-17-21-25)23-28(29,30)27(31)24-18-13-11-14-19-24/h11-14,16-21,26H,2-10,15,22-23H2,1H3/t26-/m0/s1. The molecular formula is C28H38Cl2O2. The van der Waals surface area contributed by atoms with Crippen LogP contribution in [0.5, 0.6) is 5.75 Å². The zero-order valence-corrected chi connectivity index (χ0v) is 20.9. The van der Waals surface area contributed by atoms with Gasteiger partial charge in [0.2, 0.25) is 0 Å². The highest BCUT2D eigenvalue weighted by molar-refractivity contribution is 6.59. The van der Waals surface area contributed by atoms with Gasteiger partial charge in [-0.15, -0.1) is 0 Å². The largest absolute Gasteiger partial charge is 0.490 e. The van der Waals surface area contributed by atoms with Crippen molar-refractivity contribution in [2.24, 2.45) is 0 Å². The van der Waals surface area contributed by atoms with Crippen LogP contribution >= 0.6 is 23.2 Å². The summed E-state index contributed by atoms with van der Waals surface area (Å²) < 4.78 is 4.68. The van der Waals surface area contributed by atoms with Crippen molar-refractivity contribution in [1.82, 2.24) is 0 Å². The van der Waals surface area contributed by atoms with E-state index in [2.05, 4.69) is 6.92 Å². The first kappa shape index (κ1) is 26.7. The molecule has 0 aliphatic rings. The summed E-state index contributed by atoms with van der Waals surface area (Å²) in [7, 11) is 0. The molecule has 0 spiro atoms. The Bertz CT molecular complexity index is 747. The van der Waals surface area contributed by atoms with Crippen molar-refractivity contribution in [2.45, 2.75) is 94.4 Å². The average molecular weight is 478 g/mol. The molecule has 0 aromatic heterocycles. The van der Waals surface area contributed by atoms with Crippen LogP contribution in [0.1, 0.15) is 94.3 Å². The van der Waals surface area contributed by atoms with Crippen molar-refractivity contribution < 1.29 is 9.53 Å². The number of carbonyl (C=O) groups excluding carboxylic acids is 1. The summed E-state index contributed by atoms with van der Waals surface area (Å²) >= 11 is 13.1. The number of benzene rings is 2. The van der Waals surface area contributed by atoms with Crippen LogP contribution in [0.25, 0.3) is 0 Å². The van der Waals surface area contributed by atoms with Gasteiger partial charge in [-0.05, 0) is 25.0 Å². The maximum Gasteiger partial charge on any atom is 0.198 e. The Morgan fingerprint density at radius 2 is 1.28 bits per heavy atom. The van der Waals surface area contributed by atoms with Gasteiger partial charge in [0.1, 0.15) is 11.9 Å². The number of Topliss-reactive ketones (excluding diaryl/α,β-unsaturated/α-hetero) is 1. The molecule has 0 radical (unpaired) electrons. The summed E-state index contributed by atoms with van der Waals surface area (Å²) in [6, 6.07) is 18.7. The van der Waals surface area contributed by atoms with E-state index in [0.29, 0.717) is 5.56 Å². The van der Waals surface area contributed by atoms with Crippen molar-refractivity contribution in [3.8, 4) is 5.75 Å². The molecule has 0 saturated carbocycles. The van der Waals surface area contributed by atoms with E-state index in [4.69, 9.17) is 27.9 Å². The molecule has 2 nitrogen and oxygen atoms in total. The lowest BCUT2D eigenvalue weighted by Crippen LogP contribution is -2.33. The molecule has 0 amide bonds. The molecule has 0 aliphatic carbocycles.